The Morgan fingerprint density at radius 1 is 1.37 bits per heavy atom. The maximum Gasteiger partial charge on any atom is 0.341 e. The minimum absolute atomic E-state index is 0.214. The summed E-state index contributed by atoms with van der Waals surface area (Å²) in [5.41, 5.74) is -0.242. The summed E-state index contributed by atoms with van der Waals surface area (Å²) in [4.78, 5) is 22.5. The van der Waals surface area contributed by atoms with E-state index >= 15 is 0 Å². The van der Waals surface area contributed by atoms with Crippen molar-refractivity contribution in [3.05, 3.63) is 33.7 Å². The van der Waals surface area contributed by atoms with Gasteiger partial charge in [-0.25, -0.2) is 4.79 Å². The van der Waals surface area contributed by atoms with Crippen LogP contribution >= 0.6 is 0 Å². The van der Waals surface area contributed by atoms with Crippen LogP contribution in [0.3, 0.4) is 0 Å². The van der Waals surface area contributed by atoms with Gasteiger partial charge in [-0.2, -0.15) is 0 Å². The fourth-order valence-corrected chi connectivity index (χ4v) is 2.31. The Hall–Kier alpha value is -1.40. The van der Waals surface area contributed by atoms with E-state index < -0.39 is 19.5 Å². The summed E-state index contributed by atoms with van der Waals surface area (Å²) in [6, 6.07) is 1.05. The third kappa shape index (κ3) is 5.00. The number of carboxylic acids is 1. The van der Waals surface area contributed by atoms with Crippen molar-refractivity contribution < 1.29 is 14.6 Å². The van der Waals surface area contributed by atoms with E-state index in [1.54, 1.807) is 17.7 Å². The summed E-state index contributed by atoms with van der Waals surface area (Å²) in [5.74, 6) is -1.20. The zero-order valence-corrected chi connectivity index (χ0v) is 12.9. The van der Waals surface area contributed by atoms with Crippen LogP contribution in [0, 0.1) is 6.92 Å². The normalized spacial score (nSPS) is 11.6. The average Bonchev–Trinajstić information content (AvgIpc) is 2.27. The van der Waals surface area contributed by atoms with Gasteiger partial charge in [0.25, 0.3) is 0 Å². The molecule has 0 aliphatic carbocycles. The second-order valence-corrected chi connectivity index (χ2v) is 11.5. The van der Waals surface area contributed by atoms with Gasteiger partial charge in [-0.1, -0.05) is 19.6 Å². The van der Waals surface area contributed by atoms with Crippen LogP contribution in [0.2, 0.25) is 25.7 Å². The van der Waals surface area contributed by atoms with Crippen LogP contribution in [-0.2, 0) is 11.5 Å². The second kappa shape index (κ2) is 6.16. The Balaban J connectivity index is 2.70. The zero-order chi connectivity index (χ0) is 14.6. The van der Waals surface area contributed by atoms with E-state index in [4.69, 9.17) is 9.84 Å². The van der Waals surface area contributed by atoms with Crippen LogP contribution in [0.1, 0.15) is 15.9 Å². The lowest BCUT2D eigenvalue weighted by atomic mass is 10.2. The Morgan fingerprint density at radius 2 is 2.00 bits per heavy atom. The lowest BCUT2D eigenvalue weighted by Gasteiger charge is -2.16. The minimum atomic E-state index is -1.20. The molecule has 1 heterocycles. The molecule has 0 saturated heterocycles. The van der Waals surface area contributed by atoms with Gasteiger partial charge >= 0.3 is 5.97 Å². The molecule has 0 unspecified atom stereocenters. The first-order chi connectivity index (χ1) is 8.70. The van der Waals surface area contributed by atoms with Crippen molar-refractivity contribution in [2.45, 2.75) is 39.3 Å². The number of aryl methyl sites for hydroxylation is 1. The fourth-order valence-electron chi connectivity index (χ4n) is 1.56. The second-order valence-electron chi connectivity index (χ2n) is 5.85. The van der Waals surface area contributed by atoms with Crippen LogP contribution in [0.4, 0.5) is 0 Å². The minimum Gasteiger partial charge on any atom is -0.477 e. The lowest BCUT2D eigenvalue weighted by Crippen LogP contribution is -2.23. The summed E-state index contributed by atoms with van der Waals surface area (Å²) < 4.78 is 7.13. The van der Waals surface area contributed by atoms with Gasteiger partial charge in [-0.15, -0.1) is 0 Å². The van der Waals surface area contributed by atoms with Gasteiger partial charge in [-0.3, -0.25) is 4.79 Å². The monoisotopic (exact) mass is 283 g/mol. The number of hydrogen-bond acceptors (Lipinski definition) is 3. The Kier molecular flexibility index (Phi) is 5.08. The molecule has 0 aromatic carbocycles. The molecule has 6 heteroatoms. The number of aromatic carboxylic acids is 1. The first-order valence-electron chi connectivity index (χ1n) is 6.22. The van der Waals surface area contributed by atoms with Gasteiger partial charge in [0.2, 0.25) is 0 Å². The van der Waals surface area contributed by atoms with Crippen LogP contribution < -0.4 is 5.43 Å². The van der Waals surface area contributed by atoms with Gasteiger partial charge in [-0.05, 0) is 13.0 Å². The first-order valence-corrected chi connectivity index (χ1v) is 9.93. The number of ether oxygens (including phenoxy) is 1. The molecule has 1 aromatic rings. The van der Waals surface area contributed by atoms with Crippen molar-refractivity contribution >= 4 is 14.0 Å². The zero-order valence-electron chi connectivity index (χ0n) is 11.9. The molecule has 19 heavy (non-hydrogen) atoms. The van der Waals surface area contributed by atoms with Crippen molar-refractivity contribution in [3.63, 3.8) is 0 Å². The number of aromatic nitrogens is 1. The van der Waals surface area contributed by atoms with Crippen LogP contribution in [0.25, 0.3) is 0 Å². The molecule has 0 spiro atoms. The molecular formula is C13H21NO4Si. The molecule has 5 nitrogen and oxygen atoms in total. The SMILES string of the molecule is Cc1cn(COCC[Si](C)(C)C)cc(C(=O)O)c1=O. The summed E-state index contributed by atoms with van der Waals surface area (Å²) >= 11 is 0. The number of pyridine rings is 1. The van der Waals surface area contributed by atoms with Gasteiger partial charge in [0.05, 0.1) is 0 Å². The molecule has 0 aliphatic rings. The largest absolute Gasteiger partial charge is 0.477 e. The summed E-state index contributed by atoms with van der Waals surface area (Å²) in [6.45, 7) is 9.33. The maximum atomic E-state index is 11.6. The molecule has 0 amide bonds. The molecule has 1 rings (SSSR count). The summed E-state index contributed by atoms with van der Waals surface area (Å²) in [6.07, 6.45) is 2.94. The van der Waals surface area contributed by atoms with E-state index in [9.17, 15) is 9.59 Å². The molecule has 1 N–H and O–H groups in total. The molecular weight excluding hydrogens is 262 g/mol. The molecule has 0 bridgehead atoms. The highest BCUT2D eigenvalue weighted by Gasteiger charge is 2.13. The van der Waals surface area contributed by atoms with E-state index in [2.05, 4.69) is 19.6 Å². The lowest BCUT2D eigenvalue weighted by molar-refractivity contribution is 0.0688. The average molecular weight is 283 g/mol. The highest BCUT2D eigenvalue weighted by molar-refractivity contribution is 6.76. The molecule has 0 aliphatic heterocycles. The number of hydrogen-bond donors (Lipinski definition) is 1. The van der Waals surface area contributed by atoms with Crippen molar-refractivity contribution in [2.24, 2.45) is 0 Å². The van der Waals surface area contributed by atoms with E-state index in [1.165, 1.54) is 6.20 Å². The van der Waals surface area contributed by atoms with Crippen molar-refractivity contribution in [1.82, 2.24) is 4.57 Å². The van der Waals surface area contributed by atoms with E-state index in [0.717, 1.165) is 6.04 Å². The number of nitrogens with zero attached hydrogens (tertiary/aromatic N) is 1. The van der Waals surface area contributed by atoms with Gasteiger partial charge < -0.3 is 14.4 Å². The van der Waals surface area contributed by atoms with E-state index in [-0.39, 0.29) is 12.3 Å². The number of carboxylic acid groups (broad SMARTS) is 1. The van der Waals surface area contributed by atoms with Crippen LogP contribution in [-0.4, -0.2) is 30.3 Å². The summed E-state index contributed by atoms with van der Waals surface area (Å²) in [7, 11) is -1.12. The Labute approximate surface area is 113 Å². The molecule has 0 radical (unpaired) electrons. The predicted octanol–water partition coefficient (Wildman–Crippen LogP) is 2.17. The fraction of sp³-hybridized carbons (Fsp3) is 0.538. The Morgan fingerprint density at radius 3 is 2.53 bits per heavy atom. The topological polar surface area (TPSA) is 68.5 Å². The number of carbonyl (C=O) groups is 1. The molecule has 0 fully saturated rings. The van der Waals surface area contributed by atoms with Gasteiger partial charge in [0, 0.05) is 32.6 Å². The maximum absolute atomic E-state index is 11.6. The van der Waals surface area contributed by atoms with Crippen LogP contribution in [0.15, 0.2) is 17.2 Å². The van der Waals surface area contributed by atoms with Crippen molar-refractivity contribution in [3.8, 4) is 0 Å². The van der Waals surface area contributed by atoms with E-state index in [0.29, 0.717) is 12.2 Å². The van der Waals surface area contributed by atoms with Crippen molar-refractivity contribution in [2.75, 3.05) is 6.61 Å². The molecule has 1 aromatic heterocycles. The molecule has 106 valence electrons. The smallest absolute Gasteiger partial charge is 0.341 e. The standard InChI is InChI=1S/C13H21NO4Si/c1-10-7-14(8-11(12(10)15)13(16)17)9-18-5-6-19(2,3)4/h7-8H,5-6,9H2,1-4H3,(H,16,17). The summed E-state index contributed by atoms with van der Waals surface area (Å²) in [5, 5.41) is 8.94. The van der Waals surface area contributed by atoms with Crippen LogP contribution in [0.5, 0.6) is 0 Å². The van der Waals surface area contributed by atoms with Crippen molar-refractivity contribution in [1.29, 1.82) is 0 Å². The third-order valence-electron chi connectivity index (χ3n) is 2.72. The predicted molar refractivity (Wildman–Crippen MR) is 76.5 cm³/mol. The highest BCUT2D eigenvalue weighted by atomic mass is 28.3. The quantitative estimate of drug-likeness (QED) is 0.641. The first kappa shape index (κ1) is 15.7. The van der Waals surface area contributed by atoms with Gasteiger partial charge in [0.1, 0.15) is 12.3 Å². The van der Waals surface area contributed by atoms with E-state index in [1.807, 2.05) is 0 Å². The molecule has 0 saturated carbocycles. The number of rotatable bonds is 6. The third-order valence-corrected chi connectivity index (χ3v) is 4.43. The Bertz CT molecular complexity index is 516. The van der Waals surface area contributed by atoms with Gasteiger partial charge in [0.15, 0.2) is 5.43 Å². The molecule has 0 atom stereocenters. The highest BCUT2D eigenvalue weighted by Crippen LogP contribution is 2.08.